The molecule has 26 heavy (non-hydrogen) atoms. The number of phenolic OH excluding ortho intramolecular Hbond substituents is 1. The lowest BCUT2D eigenvalue weighted by atomic mass is 9.88. The molecule has 1 N–H and O–H groups in total. The van der Waals surface area contributed by atoms with Gasteiger partial charge in [0, 0.05) is 11.1 Å². The smallest absolute Gasteiger partial charge is 0.131 e. The number of hydrogen-bond acceptors (Lipinski definition) is 1. The second kappa shape index (κ2) is 6.60. The first kappa shape index (κ1) is 18.2. The highest BCUT2D eigenvalue weighted by atomic mass is 19.1. The summed E-state index contributed by atoms with van der Waals surface area (Å²) in [5.74, 6) is -0.206. The van der Waals surface area contributed by atoms with Crippen molar-refractivity contribution in [3.05, 3.63) is 75.6 Å². The van der Waals surface area contributed by atoms with Gasteiger partial charge in [0.25, 0.3) is 0 Å². The van der Waals surface area contributed by atoms with Crippen molar-refractivity contribution < 1.29 is 9.50 Å². The van der Waals surface area contributed by atoms with E-state index in [0.29, 0.717) is 11.1 Å². The van der Waals surface area contributed by atoms with E-state index in [4.69, 9.17) is 0 Å². The van der Waals surface area contributed by atoms with Crippen LogP contribution < -0.4 is 0 Å². The van der Waals surface area contributed by atoms with E-state index in [1.54, 1.807) is 0 Å². The first-order valence-corrected chi connectivity index (χ1v) is 8.88. The monoisotopic (exact) mass is 348 g/mol. The van der Waals surface area contributed by atoms with Crippen molar-refractivity contribution in [2.24, 2.45) is 0 Å². The molecule has 0 unspecified atom stereocenters. The van der Waals surface area contributed by atoms with Gasteiger partial charge in [-0.15, -0.1) is 0 Å². The van der Waals surface area contributed by atoms with Crippen LogP contribution in [-0.4, -0.2) is 5.11 Å². The molecular weight excluding hydrogens is 323 g/mol. The normalized spacial score (nSPS) is 11.0. The Balaban J connectivity index is 2.34. The third-order valence-corrected chi connectivity index (χ3v) is 4.97. The van der Waals surface area contributed by atoms with E-state index in [9.17, 15) is 9.50 Å². The van der Waals surface area contributed by atoms with Crippen LogP contribution in [0.15, 0.2) is 36.4 Å². The first-order chi connectivity index (χ1) is 12.2. The molecule has 0 aliphatic carbocycles. The number of aryl methyl sites for hydroxylation is 6. The molecule has 0 saturated carbocycles. The maximum Gasteiger partial charge on any atom is 0.131 e. The summed E-state index contributed by atoms with van der Waals surface area (Å²) in [5, 5.41) is 11.1. The first-order valence-electron chi connectivity index (χ1n) is 8.88. The van der Waals surface area contributed by atoms with Crippen LogP contribution in [0.5, 0.6) is 5.75 Å². The van der Waals surface area contributed by atoms with Crippen molar-refractivity contribution in [3.8, 4) is 28.0 Å². The summed E-state index contributed by atoms with van der Waals surface area (Å²) in [5.41, 5.74) is 9.35. The van der Waals surface area contributed by atoms with Gasteiger partial charge >= 0.3 is 0 Å². The minimum Gasteiger partial charge on any atom is -0.507 e. The molecule has 2 heteroatoms. The lowest BCUT2D eigenvalue weighted by Crippen LogP contribution is -1.96. The zero-order valence-electron chi connectivity index (χ0n) is 16.3. The Hall–Kier alpha value is -2.61. The summed E-state index contributed by atoms with van der Waals surface area (Å²) in [6.45, 7) is 12.1. The molecule has 0 spiro atoms. The fourth-order valence-electron chi connectivity index (χ4n) is 4.19. The van der Waals surface area contributed by atoms with Gasteiger partial charge in [-0.05, 0) is 87.1 Å². The Morgan fingerprint density at radius 3 is 1.19 bits per heavy atom. The van der Waals surface area contributed by atoms with Gasteiger partial charge in [0.05, 0.1) is 0 Å². The molecule has 0 atom stereocenters. The lowest BCUT2D eigenvalue weighted by Gasteiger charge is -2.18. The highest BCUT2D eigenvalue weighted by Gasteiger charge is 2.19. The molecule has 0 aromatic heterocycles. The number of aromatic hydroxyl groups is 1. The SMILES string of the molecule is Cc1cc(C)c(-c2cc(F)cc(-c3c(C)cc(C)cc3C)c2O)c(C)c1. The average Bonchev–Trinajstić information content (AvgIpc) is 2.49. The van der Waals surface area contributed by atoms with E-state index in [1.165, 1.54) is 12.1 Å². The average molecular weight is 348 g/mol. The van der Waals surface area contributed by atoms with Crippen molar-refractivity contribution in [2.45, 2.75) is 41.5 Å². The van der Waals surface area contributed by atoms with E-state index in [0.717, 1.165) is 44.5 Å². The van der Waals surface area contributed by atoms with Gasteiger partial charge in [0.2, 0.25) is 0 Å². The number of hydrogen-bond donors (Lipinski definition) is 1. The molecule has 0 bridgehead atoms. The quantitative estimate of drug-likeness (QED) is 0.545. The van der Waals surface area contributed by atoms with E-state index >= 15 is 0 Å². The predicted octanol–water partition coefficient (Wildman–Crippen LogP) is 6.72. The van der Waals surface area contributed by atoms with Crippen molar-refractivity contribution in [1.29, 1.82) is 0 Å². The lowest BCUT2D eigenvalue weighted by molar-refractivity contribution is 0.477. The van der Waals surface area contributed by atoms with E-state index in [-0.39, 0.29) is 11.6 Å². The zero-order chi connectivity index (χ0) is 19.2. The van der Waals surface area contributed by atoms with Gasteiger partial charge in [0.1, 0.15) is 11.6 Å². The molecule has 3 rings (SSSR count). The molecule has 3 aromatic rings. The van der Waals surface area contributed by atoms with Crippen LogP contribution in [0.2, 0.25) is 0 Å². The largest absolute Gasteiger partial charge is 0.507 e. The Bertz CT molecular complexity index is 890. The molecule has 0 heterocycles. The third kappa shape index (κ3) is 3.12. The number of halogens is 1. The molecule has 0 amide bonds. The second-order valence-corrected chi connectivity index (χ2v) is 7.40. The van der Waals surface area contributed by atoms with Crippen molar-refractivity contribution in [2.75, 3.05) is 0 Å². The Labute approximate surface area is 155 Å². The Morgan fingerprint density at radius 2 is 0.885 bits per heavy atom. The highest BCUT2D eigenvalue weighted by Crippen LogP contribution is 2.43. The summed E-state index contributed by atoms with van der Waals surface area (Å²) in [6, 6.07) is 11.1. The predicted molar refractivity (Wildman–Crippen MR) is 107 cm³/mol. The fourth-order valence-corrected chi connectivity index (χ4v) is 4.19. The Kier molecular flexibility index (Phi) is 4.62. The molecule has 1 nitrogen and oxygen atoms in total. The summed E-state index contributed by atoms with van der Waals surface area (Å²) in [4.78, 5) is 0. The molecular formula is C24H25FO. The summed E-state index contributed by atoms with van der Waals surface area (Å²) < 4.78 is 14.6. The van der Waals surface area contributed by atoms with Crippen LogP contribution in [0.1, 0.15) is 33.4 Å². The van der Waals surface area contributed by atoms with Gasteiger partial charge in [0.15, 0.2) is 0 Å². The van der Waals surface area contributed by atoms with Crippen LogP contribution in [0.3, 0.4) is 0 Å². The fraction of sp³-hybridized carbons (Fsp3) is 0.250. The standard InChI is InChI=1S/C24H25FO/c1-13-7-15(3)22(16(4)8-13)20-11-19(25)12-21(24(20)26)23-17(5)9-14(2)10-18(23)6/h7-12,26H,1-6H3. The van der Waals surface area contributed by atoms with Crippen molar-refractivity contribution in [1.82, 2.24) is 0 Å². The van der Waals surface area contributed by atoms with E-state index in [1.807, 2.05) is 41.5 Å². The molecule has 3 aromatic carbocycles. The van der Waals surface area contributed by atoms with Crippen molar-refractivity contribution >= 4 is 0 Å². The van der Waals surface area contributed by atoms with Gasteiger partial charge in [-0.2, -0.15) is 0 Å². The number of phenols is 1. The maximum atomic E-state index is 14.6. The molecule has 0 saturated heterocycles. The number of rotatable bonds is 2. The summed E-state index contributed by atoms with van der Waals surface area (Å²) >= 11 is 0. The maximum absolute atomic E-state index is 14.6. The van der Waals surface area contributed by atoms with E-state index < -0.39 is 0 Å². The van der Waals surface area contributed by atoms with Crippen LogP contribution in [0.25, 0.3) is 22.3 Å². The second-order valence-electron chi connectivity index (χ2n) is 7.40. The topological polar surface area (TPSA) is 20.2 Å². The van der Waals surface area contributed by atoms with Crippen molar-refractivity contribution in [3.63, 3.8) is 0 Å². The third-order valence-electron chi connectivity index (χ3n) is 4.97. The number of benzene rings is 3. The molecule has 0 aliphatic rings. The molecule has 0 fully saturated rings. The van der Waals surface area contributed by atoms with Crippen LogP contribution in [-0.2, 0) is 0 Å². The van der Waals surface area contributed by atoms with Crippen LogP contribution in [0, 0.1) is 47.4 Å². The zero-order valence-corrected chi connectivity index (χ0v) is 16.3. The Morgan fingerprint density at radius 1 is 0.577 bits per heavy atom. The minimum absolute atomic E-state index is 0.136. The van der Waals surface area contributed by atoms with Gasteiger partial charge in [-0.1, -0.05) is 35.4 Å². The highest BCUT2D eigenvalue weighted by molar-refractivity contribution is 5.86. The van der Waals surface area contributed by atoms with Gasteiger partial charge in [-0.25, -0.2) is 4.39 Å². The molecule has 134 valence electrons. The molecule has 0 aliphatic heterocycles. The van der Waals surface area contributed by atoms with Crippen LogP contribution in [0.4, 0.5) is 4.39 Å². The van der Waals surface area contributed by atoms with Crippen LogP contribution >= 0.6 is 0 Å². The van der Waals surface area contributed by atoms with Gasteiger partial charge < -0.3 is 5.11 Å². The minimum atomic E-state index is -0.341. The van der Waals surface area contributed by atoms with E-state index in [2.05, 4.69) is 24.3 Å². The van der Waals surface area contributed by atoms with Gasteiger partial charge in [-0.3, -0.25) is 0 Å². The summed E-state index contributed by atoms with van der Waals surface area (Å²) in [7, 11) is 0. The summed E-state index contributed by atoms with van der Waals surface area (Å²) in [6.07, 6.45) is 0. The molecule has 0 radical (unpaired) electrons.